The molecule has 0 spiro atoms. The van der Waals surface area contributed by atoms with Gasteiger partial charge in [-0.1, -0.05) is 0 Å². The Labute approximate surface area is 70.6 Å². The molecule has 5 N–H and O–H groups in total. The average molecular weight is 177 g/mol. The first-order chi connectivity index (χ1) is 5.66. The quantitative estimate of drug-likeness (QED) is 0.319. The molecule has 0 aromatic heterocycles. The standard InChI is InChI=1S/C7H15NO4/c9-2-1-4-6(11)7(12)5(10)3-8-4/h4-12H,1-3H2/t4-,5-,6+,7-/m0/s1. The van der Waals surface area contributed by atoms with Gasteiger partial charge in [-0.15, -0.1) is 0 Å². The van der Waals surface area contributed by atoms with Crippen LogP contribution in [0.25, 0.3) is 0 Å². The smallest absolute Gasteiger partial charge is 0.108 e. The van der Waals surface area contributed by atoms with E-state index in [1.54, 1.807) is 0 Å². The van der Waals surface area contributed by atoms with E-state index in [-0.39, 0.29) is 19.2 Å². The predicted molar refractivity (Wildman–Crippen MR) is 41.5 cm³/mol. The van der Waals surface area contributed by atoms with Gasteiger partial charge in [0.1, 0.15) is 6.10 Å². The van der Waals surface area contributed by atoms with Gasteiger partial charge in [-0.25, -0.2) is 0 Å². The molecule has 1 aliphatic rings. The molecule has 0 radical (unpaired) electrons. The molecule has 1 rings (SSSR count). The summed E-state index contributed by atoms with van der Waals surface area (Å²) >= 11 is 0. The van der Waals surface area contributed by atoms with E-state index in [2.05, 4.69) is 5.32 Å². The molecule has 0 amide bonds. The van der Waals surface area contributed by atoms with Crippen molar-refractivity contribution in [3.8, 4) is 0 Å². The fraction of sp³-hybridized carbons (Fsp3) is 1.00. The van der Waals surface area contributed by atoms with E-state index < -0.39 is 18.3 Å². The predicted octanol–water partition coefficient (Wildman–Crippen LogP) is -2.58. The number of rotatable bonds is 2. The molecule has 0 aliphatic carbocycles. The molecule has 1 fully saturated rings. The Kier molecular flexibility index (Phi) is 3.42. The van der Waals surface area contributed by atoms with Crippen molar-refractivity contribution in [1.29, 1.82) is 0 Å². The highest BCUT2D eigenvalue weighted by atomic mass is 16.4. The Balaban J connectivity index is 2.46. The summed E-state index contributed by atoms with van der Waals surface area (Å²) in [6, 6.07) is -0.326. The molecule has 0 saturated carbocycles. The summed E-state index contributed by atoms with van der Waals surface area (Å²) in [5.41, 5.74) is 0. The van der Waals surface area contributed by atoms with Crippen molar-refractivity contribution in [3.05, 3.63) is 0 Å². The van der Waals surface area contributed by atoms with Crippen molar-refractivity contribution in [2.75, 3.05) is 13.2 Å². The van der Waals surface area contributed by atoms with Gasteiger partial charge in [-0.3, -0.25) is 0 Å². The van der Waals surface area contributed by atoms with Crippen LogP contribution in [0.1, 0.15) is 6.42 Å². The zero-order valence-electron chi connectivity index (χ0n) is 6.72. The maximum absolute atomic E-state index is 9.36. The van der Waals surface area contributed by atoms with Crippen LogP contribution in [0.2, 0.25) is 0 Å². The van der Waals surface area contributed by atoms with Crippen molar-refractivity contribution in [3.63, 3.8) is 0 Å². The van der Waals surface area contributed by atoms with Gasteiger partial charge < -0.3 is 25.7 Å². The summed E-state index contributed by atoms with van der Waals surface area (Å²) in [4.78, 5) is 0. The molecular weight excluding hydrogens is 162 g/mol. The molecule has 4 atom stereocenters. The maximum Gasteiger partial charge on any atom is 0.108 e. The zero-order chi connectivity index (χ0) is 9.14. The van der Waals surface area contributed by atoms with Gasteiger partial charge in [0.2, 0.25) is 0 Å². The first-order valence-electron chi connectivity index (χ1n) is 4.05. The summed E-state index contributed by atoms with van der Waals surface area (Å²) < 4.78 is 0. The van der Waals surface area contributed by atoms with Crippen LogP contribution in [0.15, 0.2) is 0 Å². The van der Waals surface area contributed by atoms with Gasteiger partial charge in [0, 0.05) is 19.2 Å². The SMILES string of the molecule is OCC[C@@H]1NC[C@H](O)[C@H](O)[C@@H]1O. The van der Waals surface area contributed by atoms with Crippen molar-refractivity contribution in [2.45, 2.75) is 30.8 Å². The minimum Gasteiger partial charge on any atom is -0.396 e. The average Bonchev–Trinajstić information content (AvgIpc) is 2.07. The van der Waals surface area contributed by atoms with Crippen molar-refractivity contribution in [1.82, 2.24) is 5.32 Å². The molecule has 0 unspecified atom stereocenters. The van der Waals surface area contributed by atoms with Gasteiger partial charge in [0.25, 0.3) is 0 Å². The summed E-state index contributed by atoms with van der Waals surface area (Å²) in [6.07, 6.45) is -2.65. The zero-order valence-corrected chi connectivity index (χ0v) is 6.72. The molecule has 0 aromatic rings. The van der Waals surface area contributed by atoms with Crippen LogP contribution in [0.4, 0.5) is 0 Å². The van der Waals surface area contributed by atoms with Gasteiger partial charge in [0.05, 0.1) is 12.2 Å². The van der Waals surface area contributed by atoms with Crippen LogP contribution in [-0.2, 0) is 0 Å². The van der Waals surface area contributed by atoms with E-state index in [1.165, 1.54) is 0 Å². The van der Waals surface area contributed by atoms with Crippen LogP contribution in [0.3, 0.4) is 0 Å². The minimum atomic E-state index is -1.11. The summed E-state index contributed by atoms with van der Waals surface area (Å²) in [5.74, 6) is 0. The van der Waals surface area contributed by atoms with Gasteiger partial charge in [-0.2, -0.15) is 0 Å². The Bertz CT molecular complexity index is 143. The number of piperidine rings is 1. The maximum atomic E-state index is 9.36. The Morgan fingerprint density at radius 3 is 2.42 bits per heavy atom. The monoisotopic (exact) mass is 177 g/mol. The van der Waals surface area contributed by atoms with Gasteiger partial charge in [0.15, 0.2) is 0 Å². The minimum absolute atomic E-state index is 0.0441. The number of nitrogens with one attached hydrogen (secondary N) is 1. The lowest BCUT2D eigenvalue weighted by atomic mass is 9.94. The molecule has 5 heteroatoms. The Morgan fingerprint density at radius 1 is 1.17 bits per heavy atom. The number of hydrogen-bond acceptors (Lipinski definition) is 5. The Hall–Kier alpha value is -0.200. The van der Waals surface area contributed by atoms with Crippen LogP contribution in [0, 0.1) is 0 Å². The second kappa shape index (κ2) is 4.15. The third kappa shape index (κ3) is 1.94. The van der Waals surface area contributed by atoms with Crippen molar-refractivity contribution < 1.29 is 20.4 Å². The molecule has 72 valence electrons. The second-order valence-corrected chi connectivity index (χ2v) is 3.08. The lowest BCUT2D eigenvalue weighted by Gasteiger charge is -2.35. The van der Waals surface area contributed by atoms with E-state index >= 15 is 0 Å². The van der Waals surface area contributed by atoms with Crippen LogP contribution in [-0.4, -0.2) is 57.9 Å². The highest BCUT2D eigenvalue weighted by Crippen LogP contribution is 2.12. The number of hydrogen-bond donors (Lipinski definition) is 5. The highest BCUT2D eigenvalue weighted by molar-refractivity contribution is 4.91. The van der Waals surface area contributed by atoms with Gasteiger partial charge >= 0.3 is 0 Å². The summed E-state index contributed by atoms with van der Waals surface area (Å²) in [5, 5.41) is 39.1. The fourth-order valence-electron chi connectivity index (χ4n) is 1.39. The summed E-state index contributed by atoms with van der Waals surface area (Å²) in [7, 11) is 0. The van der Waals surface area contributed by atoms with E-state index in [0.717, 1.165) is 0 Å². The largest absolute Gasteiger partial charge is 0.396 e. The number of β-amino-alcohol motifs (C(OH)–C–C–N with tert-alkyl or cyclic N) is 1. The lowest BCUT2D eigenvalue weighted by Crippen LogP contribution is -2.59. The van der Waals surface area contributed by atoms with Crippen LogP contribution in [0.5, 0.6) is 0 Å². The van der Waals surface area contributed by atoms with E-state index in [0.29, 0.717) is 6.42 Å². The van der Waals surface area contributed by atoms with Gasteiger partial charge in [-0.05, 0) is 6.42 Å². The van der Waals surface area contributed by atoms with E-state index in [1.807, 2.05) is 0 Å². The topological polar surface area (TPSA) is 93.0 Å². The highest BCUT2D eigenvalue weighted by Gasteiger charge is 2.35. The van der Waals surface area contributed by atoms with Crippen molar-refractivity contribution in [2.24, 2.45) is 0 Å². The second-order valence-electron chi connectivity index (χ2n) is 3.08. The normalized spacial score (nSPS) is 43.0. The molecular formula is C7H15NO4. The fourth-order valence-corrected chi connectivity index (χ4v) is 1.39. The molecule has 1 heterocycles. The third-order valence-corrected chi connectivity index (χ3v) is 2.19. The van der Waals surface area contributed by atoms with E-state index in [9.17, 15) is 10.2 Å². The molecule has 5 nitrogen and oxygen atoms in total. The van der Waals surface area contributed by atoms with E-state index in [4.69, 9.17) is 10.2 Å². The third-order valence-electron chi connectivity index (χ3n) is 2.19. The molecule has 0 bridgehead atoms. The van der Waals surface area contributed by atoms with Crippen molar-refractivity contribution >= 4 is 0 Å². The van der Waals surface area contributed by atoms with Crippen LogP contribution >= 0.6 is 0 Å². The molecule has 1 aliphatic heterocycles. The lowest BCUT2D eigenvalue weighted by molar-refractivity contribution is -0.0965. The first kappa shape index (κ1) is 9.88. The Morgan fingerprint density at radius 2 is 1.83 bits per heavy atom. The molecule has 0 aromatic carbocycles. The number of aliphatic hydroxyl groups excluding tert-OH is 4. The number of aliphatic hydroxyl groups is 4. The molecule has 1 saturated heterocycles. The van der Waals surface area contributed by atoms with Crippen LogP contribution < -0.4 is 5.32 Å². The molecule has 12 heavy (non-hydrogen) atoms. The first-order valence-corrected chi connectivity index (χ1v) is 4.05. The summed E-state index contributed by atoms with van der Waals surface area (Å²) in [6.45, 7) is 0.209.